The summed E-state index contributed by atoms with van der Waals surface area (Å²) in [6.45, 7) is 6.70. The number of nitro groups is 1. The molecule has 1 rings (SSSR count). The number of rotatable bonds is 5. The van der Waals surface area contributed by atoms with E-state index < -0.39 is 4.92 Å². The van der Waals surface area contributed by atoms with Crippen molar-refractivity contribution >= 4 is 17.3 Å². The van der Waals surface area contributed by atoms with Gasteiger partial charge >= 0.3 is 0 Å². The van der Waals surface area contributed by atoms with Gasteiger partial charge in [-0.05, 0) is 13.5 Å². The SMILES string of the molecule is CCNC(C)C(C)c1ncc(Cl)cc1[N+](=O)[O-]. The molecule has 1 aromatic rings. The van der Waals surface area contributed by atoms with Gasteiger partial charge in [-0.3, -0.25) is 15.1 Å². The highest BCUT2D eigenvalue weighted by atomic mass is 35.5. The zero-order chi connectivity index (χ0) is 13.0. The van der Waals surface area contributed by atoms with E-state index in [9.17, 15) is 10.1 Å². The van der Waals surface area contributed by atoms with E-state index in [1.807, 2.05) is 20.8 Å². The zero-order valence-corrected chi connectivity index (χ0v) is 10.9. The number of halogens is 1. The molecule has 2 unspecified atom stereocenters. The minimum absolute atomic E-state index is 0.0187. The second-order valence-electron chi connectivity index (χ2n) is 3.95. The fourth-order valence-electron chi connectivity index (χ4n) is 1.67. The van der Waals surface area contributed by atoms with Crippen LogP contribution in [-0.4, -0.2) is 22.5 Å². The minimum Gasteiger partial charge on any atom is -0.314 e. The predicted octanol–water partition coefficient (Wildman–Crippen LogP) is 2.74. The molecule has 0 aliphatic rings. The van der Waals surface area contributed by atoms with Crippen molar-refractivity contribution in [2.75, 3.05) is 6.54 Å². The third-order valence-corrected chi connectivity index (χ3v) is 2.97. The number of nitrogens with zero attached hydrogens (tertiary/aromatic N) is 2. The summed E-state index contributed by atoms with van der Waals surface area (Å²) in [5.41, 5.74) is 0.447. The molecule has 17 heavy (non-hydrogen) atoms. The molecule has 5 nitrogen and oxygen atoms in total. The number of likely N-dealkylation sites (N-methyl/N-ethyl adjacent to an activating group) is 1. The molecule has 0 fully saturated rings. The van der Waals surface area contributed by atoms with E-state index in [-0.39, 0.29) is 22.7 Å². The van der Waals surface area contributed by atoms with E-state index in [4.69, 9.17) is 11.6 Å². The maximum absolute atomic E-state index is 10.9. The van der Waals surface area contributed by atoms with Gasteiger partial charge in [0.05, 0.1) is 9.95 Å². The monoisotopic (exact) mass is 257 g/mol. The Morgan fingerprint density at radius 2 is 2.24 bits per heavy atom. The van der Waals surface area contributed by atoms with Crippen LogP contribution in [0.2, 0.25) is 5.02 Å². The van der Waals surface area contributed by atoms with Crippen molar-refractivity contribution in [1.82, 2.24) is 10.3 Å². The molecule has 2 atom stereocenters. The highest BCUT2D eigenvalue weighted by Gasteiger charge is 2.24. The number of nitrogens with one attached hydrogen (secondary N) is 1. The van der Waals surface area contributed by atoms with E-state index >= 15 is 0 Å². The first kappa shape index (κ1) is 13.9. The Kier molecular flexibility index (Phi) is 4.84. The second-order valence-corrected chi connectivity index (χ2v) is 4.39. The third-order valence-electron chi connectivity index (χ3n) is 2.77. The molecule has 1 N–H and O–H groups in total. The molecule has 1 heterocycles. The Labute approximate surface area is 105 Å². The molecule has 1 aromatic heterocycles. The molecular weight excluding hydrogens is 242 g/mol. The van der Waals surface area contributed by atoms with Crippen LogP contribution in [-0.2, 0) is 0 Å². The van der Waals surface area contributed by atoms with Crippen LogP contribution < -0.4 is 5.32 Å². The van der Waals surface area contributed by atoms with Crippen molar-refractivity contribution in [2.24, 2.45) is 0 Å². The molecule has 0 radical (unpaired) electrons. The summed E-state index contributed by atoms with van der Waals surface area (Å²) in [6.07, 6.45) is 1.44. The molecule has 0 bridgehead atoms. The first-order valence-corrected chi connectivity index (χ1v) is 5.88. The molecule has 0 aromatic carbocycles. The zero-order valence-electron chi connectivity index (χ0n) is 10.1. The summed E-state index contributed by atoms with van der Waals surface area (Å²) in [6, 6.07) is 1.46. The van der Waals surface area contributed by atoms with Crippen LogP contribution in [0.4, 0.5) is 5.69 Å². The molecule has 0 spiro atoms. The van der Waals surface area contributed by atoms with Crippen LogP contribution in [0.15, 0.2) is 12.3 Å². The van der Waals surface area contributed by atoms with Crippen LogP contribution in [0.25, 0.3) is 0 Å². The van der Waals surface area contributed by atoms with E-state index in [1.54, 1.807) is 0 Å². The molecule has 6 heteroatoms. The lowest BCUT2D eigenvalue weighted by atomic mass is 9.98. The Morgan fingerprint density at radius 3 is 2.76 bits per heavy atom. The summed E-state index contributed by atoms with van der Waals surface area (Å²) in [4.78, 5) is 14.6. The smallest absolute Gasteiger partial charge is 0.292 e. The van der Waals surface area contributed by atoms with Gasteiger partial charge in [0.1, 0.15) is 5.69 Å². The van der Waals surface area contributed by atoms with Crippen molar-refractivity contribution in [3.63, 3.8) is 0 Å². The van der Waals surface area contributed by atoms with Gasteiger partial charge in [-0.1, -0.05) is 25.4 Å². The lowest BCUT2D eigenvalue weighted by molar-refractivity contribution is -0.386. The number of pyridine rings is 1. The lowest BCUT2D eigenvalue weighted by Crippen LogP contribution is -2.31. The average Bonchev–Trinajstić information content (AvgIpc) is 2.28. The van der Waals surface area contributed by atoms with Gasteiger partial charge in [0.25, 0.3) is 5.69 Å². The Hall–Kier alpha value is -1.20. The van der Waals surface area contributed by atoms with Gasteiger partial charge in [0, 0.05) is 24.2 Å². The van der Waals surface area contributed by atoms with E-state index in [0.717, 1.165) is 6.54 Å². The Bertz CT molecular complexity index is 412. The largest absolute Gasteiger partial charge is 0.314 e. The van der Waals surface area contributed by atoms with E-state index in [0.29, 0.717) is 5.69 Å². The molecule has 94 valence electrons. The van der Waals surface area contributed by atoms with Gasteiger partial charge < -0.3 is 5.32 Å². The third kappa shape index (κ3) is 3.38. The van der Waals surface area contributed by atoms with Crippen LogP contribution in [0.3, 0.4) is 0 Å². The van der Waals surface area contributed by atoms with Crippen molar-refractivity contribution < 1.29 is 4.92 Å². The molecule has 0 amide bonds. The molecular formula is C11H16ClN3O2. The summed E-state index contributed by atoms with van der Waals surface area (Å²) >= 11 is 5.72. The standard InChI is InChI=1S/C11H16ClN3O2/c1-4-13-8(3)7(2)11-10(15(16)17)5-9(12)6-14-11/h5-8,13H,4H2,1-3H3. The Morgan fingerprint density at radius 1 is 1.59 bits per heavy atom. The normalized spacial score (nSPS) is 14.4. The quantitative estimate of drug-likeness (QED) is 0.651. The van der Waals surface area contributed by atoms with Crippen molar-refractivity contribution in [1.29, 1.82) is 0 Å². The number of hydrogen-bond acceptors (Lipinski definition) is 4. The number of aromatic nitrogens is 1. The van der Waals surface area contributed by atoms with Crippen molar-refractivity contribution in [3.05, 3.63) is 33.1 Å². The van der Waals surface area contributed by atoms with Crippen LogP contribution in [0, 0.1) is 10.1 Å². The van der Waals surface area contributed by atoms with Gasteiger partial charge in [-0.15, -0.1) is 0 Å². The van der Waals surface area contributed by atoms with Gasteiger partial charge in [0.15, 0.2) is 0 Å². The summed E-state index contributed by atoms with van der Waals surface area (Å²) in [7, 11) is 0. The second kappa shape index (κ2) is 5.93. The first-order valence-electron chi connectivity index (χ1n) is 5.50. The predicted molar refractivity (Wildman–Crippen MR) is 67.5 cm³/mol. The van der Waals surface area contributed by atoms with Crippen LogP contribution in [0.1, 0.15) is 32.4 Å². The Balaban J connectivity index is 3.08. The molecule has 0 aliphatic carbocycles. The number of hydrogen-bond donors (Lipinski definition) is 1. The first-order chi connectivity index (χ1) is 7.97. The maximum Gasteiger partial charge on any atom is 0.292 e. The maximum atomic E-state index is 10.9. The minimum atomic E-state index is -0.441. The molecule has 0 saturated carbocycles. The summed E-state index contributed by atoms with van der Waals surface area (Å²) in [5, 5.41) is 14.5. The highest BCUT2D eigenvalue weighted by molar-refractivity contribution is 6.30. The van der Waals surface area contributed by atoms with Crippen LogP contribution >= 0.6 is 11.6 Å². The average molecular weight is 258 g/mol. The van der Waals surface area contributed by atoms with Gasteiger partial charge in [-0.25, -0.2) is 0 Å². The fourth-order valence-corrected chi connectivity index (χ4v) is 1.82. The summed E-state index contributed by atoms with van der Waals surface area (Å²) < 4.78 is 0. The lowest BCUT2D eigenvalue weighted by Gasteiger charge is -2.19. The van der Waals surface area contributed by atoms with Crippen molar-refractivity contribution in [2.45, 2.75) is 32.7 Å². The molecule has 0 aliphatic heterocycles. The molecule has 0 saturated heterocycles. The van der Waals surface area contributed by atoms with E-state index in [1.165, 1.54) is 12.3 Å². The van der Waals surface area contributed by atoms with Crippen molar-refractivity contribution in [3.8, 4) is 0 Å². The van der Waals surface area contributed by atoms with Gasteiger partial charge in [-0.2, -0.15) is 0 Å². The van der Waals surface area contributed by atoms with Gasteiger partial charge in [0.2, 0.25) is 0 Å². The summed E-state index contributed by atoms with van der Waals surface area (Å²) in [5.74, 6) is -0.0485. The fraction of sp³-hybridized carbons (Fsp3) is 0.545. The van der Waals surface area contributed by atoms with E-state index in [2.05, 4.69) is 10.3 Å². The topological polar surface area (TPSA) is 68.1 Å². The highest BCUT2D eigenvalue weighted by Crippen LogP contribution is 2.28. The van der Waals surface area contributed by atoms with Crippen LogP contribution in [0.5, 0.6) is 0 Å².